The first kappa shape index (κ1) is 7.84. The van der Waals surface area contributed by atoms with E-state index in [1.807, 2.05) is 0 Å². The molecule has 0 radical (unpaired) electrons. The zero-order chi connectivity index (χ0) is 8.27. The molecule has 0 bridgehead atoms. The molecule has 1 aromatic rings. The molecule has 0 spiro atoms. The Morgan fingerprint density at radius 1 is 1.36 bits per heavy atom. The van der Waals surface area contributed by atoms with Crippen molar-refractivity contribution in [3.63, 3.8) is 0 Å². The van der Waals surface area contributed by atoms with Gasteiger partial charge in [0, 0.05) is 6.07 Å². The number of hydrogen-bond donors (Lipinski definition) is 3. The lowest BCUT2D eigenvalue weighted by molar-refractivity contribution is 0.287. The Kier molecular flexibility index (Phi) is 2.30. The Hall–Kier alpha value is -1.27. The van der Waals surface area contributed by atoms with Crippen molar-refractivity contribution in [3.05, 3.63) is 18.5 Å². The van der Waals surface area contributed by atoms with Crippen LogP contribution in [-0.4, -0.2) is 27.5 Å². The smallest absolute Gasteiger partial charge is 0.511 e. The fraction of sp³-hybridized carbons (Fsp3) is 0. The summed E-state index contributed by atoms with van der Waals surface area (Å²) in [6, 6.07) is 1.21. The Bertz CT molecular complexity index is 242. The Labute approximate surface area is 63.1 Å². The van der Waals surface area contributed by atoms with Crippen LogP contribution in [0.3, 0.4) is 0 Å². The van der Waals surface area contributed by atoms with Gasteiger partial charge in [0.05, 0.1) is 12.4 Å². The highest BCUT2D eigenvalue weighted by atomic mass is 16.6. The molecule has 0 aliphatic heterocycles. The van der Waals surface area contributed by atoms with E-state index in [9.17, 15) is 0 Å². The van der Waals surface area contributed by atoms with E-state index in [4.69, 9.17) is 15.2 Å². The van der Waals surface area contributed by atoms with Crippen LogP contribution in [0.2, 0.25) is 0 Å². The number of aromatic hydroxyl groups is 1. The van der Waals surface area contributed by atoms with Crippen LogP contribution >= 0.6 is 0 Å². The minimum Gasteiger partial charge on any atom is -0.511 e. The largest absolute Gasteiger partial charge is 0.707 e. The van der Waals surface area contributed by atoms with Gasteiger partial charge < -0.3 is 19.8 Å². The van der Waals surface area contributed by atoms with Crippen LogP contribution in [0.4, 0.5) is 0 Å². The monoisotopic (exact) mass is 155 g/mol. The standard InChI is InChI=1S/C5H6BNO4/c8-4-1-5(3-7-2-4)11-6(9)10/h1-3,8-10H. The SMILES string of the molecule is OB(O)Oc1cncc(O)c1. The van der Waals surface area contributed by atoms with Gasteiger partial charge in [0.2, 0.25) is 0 Å². The molecule has 0 aliphatic carbocycles. The number of hydrogen-bond acceptors (Lipinski definition) is 5. The summed E-state index contributed by atoms with van der Waals surface area (Å²) in [6.07, 6.45) is 2.45. The summed E-state index contributed by atoms with van der Waals surface area (Å²) in [5, 5.41) is 25.5. The van der Waals surface area contributed by atoms with Crippen molar-refractivity contribution >= 4 is 7.32 Å². The fourth-order valence-electron chi connectivity index (χ4n) is 0.594. The Morgan fingerprint density at radius 3 is 2.64 bits per heavy atom. The lowest BCUT2D eigenvalue weighted by Gasteiger charge is -2.02. The molecular weight excluding hydrogens is 149 g/mol. The van der Waals surface area contributed by atoms with Crippen molar-refractivity contribution in [2.75, 3.05) is 0 Å². The van der Waals surface area contributed by atoms with E-state index in [-0.39, 0.29) is 11.5 Å². The number of rotatable bonds is 2. The molecule has 0 aliphatic rings. The summed E-state index contributed by atoms with van der Waals surface area (Å²) < 4.78 is 4.38. The van der Waals surface area contributed by atoms with Gasteiger partial charge in [0.25, 0.3) is 0 Å². The third-order valence-corrected chi connectivity index (χ3v) is 0.940. The zero-order valence-electron chi connectivity index (χ0n) is 5.51. The molecule has 0 fully saturated rings. The molecule has 0 saturated heterocycles. The topological polar surface area (TPSA) is 82.8 Å². The quantitative estimate of drug-likeness (QED) is 0.483. The van der Waals surface area contributed by atoms with Crippen LogP contribution in [0, 0.1) is 0 Å². The summed E-state index contributed by atoms with van der Waals surface area (Å²) in [6.45, 7) is 0. The molecule has 0 atom stereocenters. The molecule has 0 unspecified atom stereocenters. The lowest BCUT2D eigenvalue weighted by Crippen LogP contribution is -2.20. The van der Waals surface area contributed by atoms with Crippen molar-refractivity contribution in [1.82, 2.24) is 4.98 Å². The molecule has 5 nitrogen and oxygen atoms in total. The van der Waals surface area contributed by atoms with Crippen molar-refractivity contribution in [2.24, 2.45) is 0 Å². The van der Waals surface area contributed by atoms with Gasteiger partial charge >= 0.3 is 7.32 Å². The Balaban J connectivity index is 2.71. The van der Waals surface area contributed by atoms with Gasteiger partial charge in [0.15, 0.2) is 0 Å². The maximum atomic E-state index is 8.82. The van der Waals surface area contributed by atoms with Crippen molar-refractivity contribution in [1.29, 1.82) is 0 Å². The normalized spacial score (nSPS) is 9.27. The van der Waals surface area contributed by atoms with Crippen LogP contribution in [0.15, 0.2) is 18.5 Å². The van der Waals surface area contributed by atoms with Crippen molar-refractivity contribution in [2.45, 2.75) is 0 Å². The van der Waals surface area contributed by atoms with Crippen molar-refractivity contribution < 1.29 is 19.8 Å². The Morgan fingerprint density at radius 2 is 2.09 bits per heavy atom. The van der Waals surface area contributed by atoms with Gasteiger partial charge in [-0.25, -0.2) is 0 Å². The average Bonchev–Trinajstić information content (AvgIpc) is 1.85. The number of pyridine rings is 1. The van der Waals surface area contributed by atoms with Crippen LogP contribution in [-0.2, 0) is 0 Å². The van der Waals surface area contributed by atoms with E-state index >= 15 is 0 Å². The number of nitrogens with zero attached hydrogens (tertiary/aromatic N) is 1. The number of aromatic nitrogens is 1. The summed E-state index contributed by atoms with van der Waals surface area (Å²) in [5.41, 5.74) is 0. The predicted octanol–water partition coefficient (Wildman–Crippen LogP) is -0.865. The van der Waals surface area contributed by atoms with E-state index in [2.05, 4.69) is 9.64 Å². The van der Waals surface area contributed by atoms with Gasteiger partial charge in [-0.2, -0.15) is 0 Å². The molecule has 1 heterocycles. The molecule has 0 saturated carbocycles. The molecule has 3 N–H and O–H groups in total. The summed E-state index contributed by atoms with van der Waals surface area (Å²) >= 11 is 0. The predicted molar refractivity (Wildman–Crippen MR) is 36.7 cm³/mol. The van der Waals surface area contributed by atoms with E-state index in [0.717, 1.165) is 0 Å². The van der Waals surface area contributed by atoms with E-state index in [1.54, 1.807) is 0 Å². The van der Waals surface area contributed by atoms with Crippen LogP contribution < -0.4 is 4.65 Å². The minimum atomic E-state index is -1.89. The van der Waals surface area contributed by atoms with Crippen LogP contribution in [0.5, 0.6) is 11.5 Å². The molecule has 0 aromatic carbocycles. The molecule has 1 rings (SSSR count). The average molecular weight is 155 g/mol. The molecule has 1 aromatic heterocycles. The molecule has 11 heavy (non-hydrogen) atoms. The second kappa shape index (κ2) is 3.22. The first-order valence-corrected chi connectivity index (χ1v) is 2.85. The molecule has 58 valence electrons. The highest BCUT2D eigenvalue weighted by Crippen LogP contribution is 2.15. The first-order chi connectivity index (χ1) is 5.18. The molecule has 0 amide bonds. The third kappa shape index (κ3) is 2.44. The van der Waals surface area contributed by atoms with Crippen LogP contribution in [0.1, 0.15) is 0 Å². The van der Waals surface area contributed by atoms with Gasteiger partial charge in [-0.1, -0.05) is 0 Å². The first-order valence-electron chi connectivity index (χ1n) is 2.85. The van der Waals surface area contributed by atoms with E-state index in [0.29, 0.717) is 0 Å². The minimum absolute atomic E-state index is 0.0943. The molecular formula is C5H6BNO4. The second-order valence-electron chi connectivity index (χ2n) is 1.82. The zero-order valence-corrected chi connectivity index (χ0v) is 5.51. The van der Waals surface area contributed by atoms with Crippen molar-refractivity contribution in [3.8, 4) is 11.5 Å². The van der Waals surface area contributed by atoms with Gasteiger partial charge in [-0.15, -0.1) is 0 Å². The van der Waals surface area contributed by atoms with Gasteiger partial charge in [-0.05, 0) is 0 Å². The third-order valence-electron chi connectivity index (χ3n) is 0.940. The van der Waals surface area contributed by atoms with E-state index in [1.165, 1.54) is 18.5 Å². The van der Waals surface area contributed by atoms with Gasteiger partial charge in [-0.3, -0.25) is 4.98 Å². The highest BCUT2D eigenvalue weighted by Gasteiger charge is 2.10. The highest BCUT2D eigenvalue weighted by molar-refractivity contribution is 6.33. The maximum Gasteiger partial charge on any atom is 0.707 e. The maximum absolute atomic E-state index is 8.82. The summed E-state index contributed by atoms with van der Waals surface area (Å²) in [4.78, 5) is 3.54. The second-order valence-corrected chi connectivity index (χ2v) is 1.82. The fourth-order valence-corrected chi connectivity index (χ4v) is 0.594. The summed E-state index contributed by atoms with van der Waals surface area (Å²) in [7, 11) is -1.89. The summed E-state index contributed by atoms with van der Waals surface area (Å²) in [5.74, 6) is 0.00292. The lowest BCUT2D eigenvalue weighted by atomic mass is 10.2. The van der Waals surface area contributed by atoms with Crippen LogP contribution in [0.25, 0.3) is 0 Å². The molecule has 6 heteroatoms. The van der Waals surface area contributed by atoms with E-state index < -0.39 is 7.32 Å². The van der Waals surface area contributed by atoms with Gasteiger partial charge in [0.1, 0.15) is 11.5 Å².